The zero-order chi connectivity index (χ0) is 21.5. The third-order valence-corrected chi connectivity index (χ3v) is 6.14. The molecule has 0 saturated heterocycles. The van der Waals surface area contributed by atoms with Gasteiger partial charge in [0.25, 0.3) is 5.91 Å². The molecular weight excluding hydrogens is 402 g/mol. The van der Waals surface area contributed by atoms with Gasteiger partial charge >= 0.3 is 0 Å². The van der Waals surface area contributed by atoms with E-state index in [1.165, 1.54) is 17.5 Å². The number of aromatic amines is 2. The van der Waals surface area contributed by atoms with Gasteiger partial charge in [0, 0.05) is 34.3 Å². The topological polar surface area (TPSA) is 112 Å². The first-order chi connectivity index (χ1) is 15.8. The summed E-state index contributed by atoms with van der Waals surface area (Å²) in [6.45, 7) is 0.364. The van der Waals surface area contributed by atoms with Gasteiger partial charge in [0.05, 0.1) is 30.1 Å². The van der Waals surface area contributed by atoms with Crippen molar-refractivity contribution in [3.63, 3.8) is 0 Å². The summed E-state index contributed by atoms with van der Waals surface area (Å²) in [5.74, 6) is 0.593. The van der Waals surface area contributed by atoms with Gasteiger partial charge in [-0.1, -0.05) is 12.1 Å². The molecule has 1 amide bonds. The minimum atomic E-state index is -0.131. The van der Waals surface area contributed by atoms with Crippen LogP contribution in [0.3, 0.4) is 0 Å². The summed E-state index contributed by atoms with van der Waals surface area (Å²) in [5.41, 5.74) is 6.94. The first kappa shape index (κ1) is 18.7. The molecule has 32 heavy (non-hydrogen) atoms. The fourth-order valence-electron chi connectivity index (χ4n) is 4.60. The van der Waals surface area contributed by atoms with Gasteiger partial charge in [-0.3, -0.25) is 9.89 Å². The molecule has 0 bridgehead atoms. The molecule has 0 unspecified atom stereocenters. The second-order valence-electron chi connectivity index (χ2n) is 8.07. The van der Waals surface area contributed by atoms with Crippen molar-refractivity contribution >= 4 is 27.8 Å². The standard InChI is InChI=1S/C24H21N7O/c32-24(28-13-20-25-9-10-26-20)15-7-5-14(6-8-15)22-17-4-2-1-3-16(17)21-18-11-29-31-23(18)27-12-19(21)30-22/h5-12H,1-4,13H2,(H,25,26)(H,28,32)(H,27,29,31). The highest BCUT2D eigenvalue weighted by molar-refractivity contribution is 6.06. The summed E-state index contributed by atoms with van der Waals surface area (Å²) < 4.78 is 0. The van der Waals surface area contributed by atoms with Gasteiger partial charge in [-0.25, -0.2) is 15.0 Å². The molecule has 1 aromatic carbocycles. The highest BCUT2D eigenvalue weighted by atomic mass is 16.1. The average molecular weight is 423 g/mol. The van der Waals surface area contributed by atoms with E-state index in [-0.39, 0.29) is 5.91 Å². The van der Waals surface area contributed by atoms with Crippen LogP contribution in [-0.2, 0) is 19.4 Å². The van der Waals surface area contributed by atoms with Gasteiger partial charge in [-0.05, 0) is 48.9 Å². The lowest BCUT2D eigenvalue weighted by Gasteiger charge is -2.21. The van der Waals surface area contributed by atoms with Crippen LogP contribution in [0.4, 0.5) is 0 Å². The Labute approximate surface area is 183 Å². The van der Waals surface area contributed by atoms with Crippen molar-refractivity contribution in [3.8, 4) is 11.3 Å². The van der Waals surface area contributed by atoms with E-state index in [0.717, 1.165) is 58.3 Å². The number of aromatic nitrogens is 6. The van der Waals surface area contributed by atoms with Crippen molar-refractivity contribution in [1.29, 1.82) is 0 Å². The lowest BCUT2D eigenvalue weighted by atomic mass is 9.86. The van der Waals surface area contributed by atoms with Crippen molar-refractivity contribution < 1.29 is 4.79 Å². The van der Waals surface area contributed by atoms with E-state index < -0.39 is 0 Å². The molecule has 0 aliphatic heterocycles. The first-order valence-corrected chi connectivity index (χ1v) is 10.8. The number of aryl methyl sites for hydroxylation is 1. The summed E-state index contributed by atoms with van der Waals surface area (Å²) in [6, 6.07) is 7.67. The van der Waals surface area contributed by atoms with E-state index in [2.05, 4.69) is 30.5 Å². The van der Waals surface area contributed by atoms with Gasteiger partial charge < -0.3 is 10.3 Å². The lowest BCUT2D eigenvalue weighted by Crippen LogP contribution is -2.23. The van der Waals surface area contributed by atoms with Crippen LogP contribution < -0.4 is 5.32 Å². The molecule has 1 aliphatic rings. The zero-order valence-electron chi connectivity index (χ0n) is 17.4. The van der Waals surface area contributed by atoms with Crippen molar-refractivity contribution in [1.82, 2.24) is 35.5 Å². The van der Waals surface area contributed by atoms with Crippen LogP contribution in [0.15, 0.2) is 49.1 Å². The monoisotopic (exact) mass is 423 g/mol. The number of amides is 1. The van der Waals surface area contributed by atoms with Crippen molar-refractivity contribution in [2.75, 3.05) is 0 Å². The van der Waals surface area contributed by atoms with Crippen molar-refractivity contribution in [3.05, 3.63) is 71.6 Å². The lowest BCUT2D eigenvalue weighted by molar-refractivity contribution is 0.0950. The molecule has 158 valence electrons. The number of nitrogens with zero attached hydrogens (tertiary/aromatic N) is 4. The van der Waals surface area contributed by atoms with Crippen LogP contribution in [0.25, 0.3) is 33.2 Å². The smallest absolute Gasteiger partial charge is 0.251 e. The summed E-state index contributed by atoms with van der Waals surface area (Å²) >= 11 is 0. The fraction of sp³-hybridized carbons (Fsp3) is 0.208. The van der Waals surface area contributed by atoms with Crippen LogP contribution in [0.2, 0.25) is 0 Å². The van der Waals surface area contributed by atoms with Crippen LogP contribution in [0.1, 0.15) is 40.2 Å². The van der Waals surface area contributed by atoms with E-state index >= 15 is 0 Å². The Morgan fingerprint density at radius 1 is 1.03 bits per heavy atom. The molecule has 8 nitrogen and oxygen atoms in total. The van der Waals surface area contributed by atoms with Crippen LogP contribution in [-0.4, -0.2) is 36.0 Å². The summed E-state index contributed by atoms with van der Waals surface area (Å²) in [4.78, 5) is 29.1. The maximum Gasteiger partial charge on any atom is 0.251 e. The molecule has 0 fully saturated rings. The molecule has 4 heterocycles. The quantitative estimate of drug-likeness (QED) is 0.408. The molecule has 8 heteroatoms. The van der Waals surface area contributed by atoms with E-state index in [1.807, 2.05) is 36.7 Å². The third-order valence-electron chi connectivity index (χ3n) is 6.14. The molecule has 3 N–H and O–H groups in total. The molecule has 0 atom stereocenters. The molecule has 0 spiro atoms. The number of H-pyrrole nitrogens is 2. The number of rotatable bonds is 4. The summed E-state index contributed by atoms with van der Waals surface area (Å²) in [6.07, 6.45) is 11.4. The molecule has 1 aliphatic carbocycles. The minimum Gasteiger partial charge on any atom is -0.347 e. The molecule has 0 saturated carbocycles. The largest absolute Gasteiger partial charge is 0.347 e. The highest BCUT2D eigenvalue weighted by Gasteiger charge is 2.21. The maximum absolute atomic E-state index is 12.5. The van der Waals surface area contributed by atoms with Crippen molar-refractivity contribution in [2.24, 2.45) is 0 Å². The normalized spacial score (nSPS) is 13.4. The number of benzene rings is 1. The van der Waals surface area contributed by atoms with Crippen LogP contribution in [0.5, 0.6) is 0 Å². The number of imidazole rings is 1. The van der Waals surface area contributed by atoms with Gasteiger partial charge in [0.15, 0.2) is 5.65 Å². The van der Waals surface area contributed by atoms with E-state index in [0.29, 0.717) is 12.1 Å². The Morgan fingerprint density at radius 2 is 1.88 bits per heavy atom. The minimum absolute atomic E-state index is 0.131. The average Bonchev–Trinajstić information content (AvgIpc) is 3.54. The highest BCUT2D eigenvalue weighted by Crippen LogP contribution is 2.37. The predicted octanol–water partition coefficient (Wildman–Crippen LogP) is 3.71. The number of nitrogens with one attached hydrogen (secondary N) is 3. The second-order valence-corrected chi connectivity index (χ2v) is 8.07. The molecule has 4 aromatic heterocycles. The van der Waals surface area contributed by atoms with Crippen LogP contribution in [0, 0.1) is 0 Å². The Bertz CT molecular complexity index is 1440. The van der Waals surface area contributed by atoms with Crippen LogP contribution >= 0.6 is 0 Å². The number of hydrogen-bond donors (Lipinski definition) is 3. The van der Waals surface area contributed by atoms with Crippen molar-refractivity contribution in [2.45, 2.75) is 32.2 Å². The second kappa shape index (κ2) is 7.56. The molecular formula is C24H21N7O. The molecule has 0 radical (unpaired) electrons. The Balaban J connectivity index is 1.37. The Hall–Kier alpha value is -4.07. The maximum atomic E-state index is 12.5. The van der Waals surface area contributed by atoms with E-state index in [1.54, 1.807) is 12.4 Å². The number of hydrogen-bond acceptors (Lipinski definition) is 5. The third kappa shape index (κ3) is 3.11. The Morgan fingerprint density at radius 3 is 2.69 bits per heavy atom. The predicted molar refractivity (Wildman–Crippen MR) is 121 cm³/mol. The first-order valence-electron chi connectivity index (χ1n) is 10.8. The Kier molecular flexibility index (Phi) is 4.41. The number of fused-ring (bicyclic) bond motifs is 5. The van der Waals surface area contributed by atoms with Gasteiger partial charge in [-0.15, -0.1) is 0 Å². The SMILES string of the molecule is O=C(NCc1ncc[nH]1)c1ccc(-c2nc3cnc4[nH]ncc4c3c3c2CCCC3)cc1. The van der Waals surface area contributed by atoms with E-state index in [9.17, 15) is 4.79 Å². The summed E-state index contributed by atoms with van der Waals surface area (Å²) in [7, 11) is 0. The van der Waals surface area contributed by atoms with E-state index in [4.69, 9.17) is 4.98 Å². The summed E-state index contributed by atoms with van der Waals surface area (Å²) in [5, 5.41) is 12.2. The zero-order valence-corrected chi connectivity index (χ0v) is 17.4. The van der Waals surface area contributed by atoms with Gasteiger partial charge in [0.1, 0.15) is 5.82 Å². The number of carbonyl (C=O) groups excluding carboxylic acids is 1. The number of carbonyl (C=O) groups is 1. The molecule has 6 rings (SSSR count). The van der Waals surface area contributed by atoms with Gasteiger partial charge in [0.2, 0.25) is 0 Å². The number of pyridine rings is 2. The molecule has 5 aromatic rings. The fourth-order valence-corrected chi connectivity index (χ4v) is 4.60. The van der Waals surface area contributed by atoms with Gasteiger partial charge in [-0.2, -0.15) is 5.10 Å².